The molecule has 0 fully saturated rings. The van der Waals surface area contributed by atoms with E-state index in [1.54, 1.807) is 13.8 Å². The van der Waals surface area contributed by atoms with Crippen LogP contribution >= 0.6 is 0 Å². The van der Waals surface area contributed by atoms with Crippen LogP contribution in [0.4, 0.5) is 13.2 Å². The van der Waals surface area contributed by atoms with Crippen LogP contribution in [0, 0.1) is 0 Å². The highest BCUT2D eigenvalue weighted by Gasteiger charge is 2.30. The van der Waals surface area contributed by atoms with Gasteiger partial charge in [-0.15, -0.1) is 0 Å². The maximum absolute atomic E-state index is 12.2. The Morgan fingerprint density at radius 3 is 2.29 bits per heavy atom. The van der Waals surface area contributed by atoms with Gasteiger partial charge in [0.15, 0.2) is 0 Å². The maximum atomic E-state index is 12.2. The van der Waals surface area contributed by atoms with Crippen LogP contribution in [0.3, 0.4) is 0 Å². The largest absolute Gasteiger partial charge is 0.478 e. The molecule has 0 rings (SSSR count). The van der Waals surface area contributed by atoms with Gasteiger partial charge in [-0.3, -0.25) is 0 Å². The number of nitrogens with zero attached hydrogens (tertiary/aromatic N) is 1. The van der Waals surface area contributed by atoms with E-state index < -0.39 is 17.4 Å². The van der Waals surface area contributed by atoms with Gasteiger partial charge in [0.25, 0.3) is 0 Å². The molecule has 0 aliphatic rings. The van der Waals surface area contributed by atoms with Crippen molar-refractivity contribution in [2.75, 3.05) is 6.61 Å². The molecule has 0 saturated carbocycles. The van der Waals surface area contributed by atoms with Crippen molar-refractivity contribution < 1.29 is 23.0 Å². The highest BCUT2D eigenvalue weighted by Crippen LogP contribution is 2.26. The molecule has 0 spiro atoms. The van der Waals surface area contributed by atoms with E-state index in [-0.39, 0.29) is 18.9 Å². The molecule has 0 bridgehead atoms. The van der Waals surface area contributed by atoms with Crippen LogP contribution < -0.4 is 0 Å². The van der Waals surface area contributed by atoms with E-state index >= 15 is 0 Å². The fourth-order valence-corrected chi connectivity index (χ4v) is 0.769. The molecule has 0 atom stereocenters. The van der Waals surface area contributed by atoms with Crippen LogP contribution in [0.2, 0.25) is 0 Å². The average molecular weight is 251 g/mol. The van der Waals surface area contributed by atoms with E-state index in [4.69, 9.17) is 4.74 Å². The molecule has 0 aromatic rings. The summed E-state index contributed by atoms with van der Waals surface area (Å²) >= 11 is 0. The summed E-state index contributed by atoms with van der Waals surface area (Å²) in [6.07, 6.45) is -3.59. The lowest BCUT2D eigenvalue weighted by Crippen LogP contribution is -2.20. The Morgan fingerprint density at radius 2 is 1.94 bits per heavy atom. The molecule has 0 saturated heterocycles. The zero-order chi connectivity index (χ0) is 13.7. The first-order chi connectivity index (χ1) is 7.56. The monoisotopic (exact) mass is 251 g/mol. The van der Waals surface area contributed by atoms with Crippen molar-refractivity contribution in [2.24, 2.45) is 4.99 Å². The molecular weight excluding hydrogens is 235 g/mol. The average Bonchev–Trinajstić information content (AvgIpc) is 2.12. The molecule has 17 heavy (non-hydrogen) atoms. The molecule has 0 aliphatic carbocycles. The van der Waals surface area contributed by atoms with Gasteiger partial charge in [-0.25, -0.2) is 4.99 Å². The number of hydrogen-bond acceptors (Lipinski definition) is 3. The van der Waals surface area contributed by atoms with E-state index in [9.17, 15) is 18.3 Å². The molecule has 6 heteroatoms. The number of hydrogen-bond donors (Lipinski definition) is 1. The molecule has 0 unspecified atom stereocenters. The van der Waals surface area contributed by atoms with E-state index in [0.29, 0.717) is 6.08 Å². The first-order valence-corrected chi connectivity index (χ1v) is 4.86. The standard InChI is InChI=1S/C11H16F3NO2/c1-8(11(12,13)14)7-9(15-4)17-6-5-10(2,3)16/h7,16H,1,4-6H2,2-3H3/b9-7+. The molecular formula is C11H16F3NO2. The minimum atomic E-state index is -4.52. The summed E-state index contributed by atoms with van der Waals surface area (Å²) in [6, 6.07) is 0. The van der Waals surface area contributed by atoms with Crippen molar-refractivity contribution >= 4 is 6.72 Å². The van der Waals surface area contributed by atoms with Gasteiger partial charge in [0.2, 0.25) is 5.88 Å². The second kappa shape index (κ2) is 5.86. The van der Waals surface area contributed by atoms with Gasteiger partial charge in [0.1, 0.15) is 0 Å². The van der Waals surface area contributed by atoms with E-state index in [1.807, 2.05) is 0 Å². The smallest absolute Gasteiger partial charge is 0.416 e. The van der Waals surface area contributed by atoms with Crippen molar-refractivity contribution in [1.29, 1.82) is 0 Å². The minimum absolute atomic E-state index is 0.0412. The molecule has 0 aliphatic heterocycles. The third kappa shape index (κ3) is 7.57. The zero-order valence-electron chi connectivity index (χ0n) is 9.84. The lowest BCUT2D eigenvalue weighted by molar-refractivity contribution is -0.0882. The Hall–Kier alpha value is -1.30. The van der Waals surface area contributed by atoms with Gasteiger partial charge in [0.05, 0.1) is 17.8 Å². The number of rotatable bonds is 6. The van der Waals surface area contributed by atoms with Gasteiger partial charge >= 0.3 is 6.18 Å². The predicted molar refractivity (Wildman–Crippen MR) is 59.7 cm³/mol. The number of aliphatic hydroxyl groups is 1. The van der Waals surface area contributed by atoms with Gasteiger partial charge in [-0.1, -0.05) is 6.58 Å². The van der Waals surface area contributed by atoms with Crippen molar-refractivity contribution in [3.63, 3.8) is 0 Å². The lowest BCUT2D eigenvalue weighted by Gasteiger charge is -2.17. The van der Waals surface area contributed by atoms with E-state index in [2.05, 4.69) is 18.3 Å². The number of ether oxygens (including phenoxy) is 1. The fraction of sp³-hybridized carbons (Fsp3) is 0.545. The number of halogens is 3. The molecule has 3 nitrogen and oxygen atoms in total. The predicted octanol–water partition coefficient (Wildman–Crippen LogP) is 2.82. The second-order valence-corrected chi connectivity index (χ2v) is 4.07. The third-order valence-corrected chi connectivity index (χ3v) is 1.78. The number of allylic oxidation sites excluding steroid dienone is 2. The van der Waals surface area contributed by atoms with Gasteiger partial charge < -0.3 is 9.84 Å². The Kier molecular flexibility index (Phi) is 5.41. The maximum Gasteiger partial charge on any atom is 0.416 e. The van der Waals surface area contributed by atoms with Crippen molar-refractivity contribution in [3.05, 3.63) is 24.1 Å². The Balaban J connectivity index is 4.40. The van der Waals surface area contributed by atoms with Crippen molar-refractivity contribution in [1.82, 2.24) is 0 Å². The summed E-state index contributed by atoms with van der Waals surface area (Å²) in [5.74, 6) is -0.267. The molecule has 0 aromatic heterocycles. The van der Waals surface area contributed by atoms with E-state index in [0.717, 1.165) is 0 Å². The quantitative estimate of drug-likeness (QED) is 0.448. The Labute approximate surface area is 98.3 Å². The normalized spacial score (nSPS) is 13.4. The highest BCUT2D eigenvalue weighted by atomic mass is 19.4. The highest BCUT2D eigenvalue weighted by molar-refractivity contribution is 5.30. The molecule has 1 N–H and O–H groups in total. The molecule has 0 aromatic carbocycles. The molecule has 0 radical (unpaired) electrons. The summed E-state index contributed by atoms with van der Waals surface area (Å²) in [5.41, 5.74) is -2.02. The summed E-state index contributed by atoms with van der Waals surface area (Å²) in [5, 5.41) is 9.37. The topological polar surface area (TPSA) is 41.8 Å². The van der Waals surface area contributed by atoms with Crippen LogP contribution in [0.15, 0.2) is 29.1 Å². The lowest BCUT2D eigenvalue weighted by atomic mass is 10.1. The summed E-state index contributed by atoms with van der Waals surface area (Å²) in [7, 11) is 0. The Bertz CT molecular complexity index is 314. The van der Waals surface area contributed by atoms with Gasteiger partial charge in [0, 0.05) is 12.5 Å². The molecule has 0 amide bonds. The van der Waals surface area contributed by atoms with Crippen molar-refractivity contribution in [2.45, 2.75) is 32.0 Å². The van der Waals surface area contributed by atoms with Gasteiger partial charge in [-0.2, -0.15) is 13.2 Å². The third-order valence-electron chi connectivity index (χ3n) is 1.78. The van der Waals surface area contributed by atoms with Crippen LogP contribution in [0.5, 0.6) is 0 Å². The van der Waals surface area contributed by atoms with E-state index in [1.165, 1.54) is 0 Å². The van der Waals surface area contributed by atoms with Gasteiger partial charge in [-0.05, 0) is 20.6 Å². The van der Waals surface area contributed by atoms with Crippen LogP contribution in [0.25, 0.3) is 0 Å². The molecule has 98 valence electrons. The summed E-state index contributed by atoms with van der Waals surface area (Å²) in [4.78, 5) is 3.31. The first kappa shape index (κ1) is 15.7. The van der Waals surface area contributed by atoms with Crippen LogP contribution in [-0.4, -0.2) is 30.2 Å². The van der Waals surface area contributed by atoms with Crippen molar-refractivity contribution in [3.8, 4) is 0 Å². The van der Waals surface area contributed by atoms with Crippen LogP contribution in [-0.2, 0) is 4.74 Å². The zero-order valence-corrected chi connectivity index (χ0v) is 9.84. The first-order valence-electron chi connectivity index (χ1n) is 4.86. The second-order valence-electron chi connectivity index (χ2n) is 4.07. The fourth-order valence-electron chi connectivity index (χ4n) is 0.769. The van der Waals surface area contributed by atoms with Crippen LogP contribution in [0.1, 0.15) is 20.3 Å². The number of alkyl halides is 3. The number of aliphatic imine (C=N–C) groups is 1. The minimum Gasteiger partial charge on any atom is -0.478 e. The summed E-state index contributed by atoms with van der Waals surface area (Å²) in [6.45, 7) is 9.12. The SMILES string of the molecule is C=N/C(=C\C(=C)C(F)(F)F)OCCC(C)(C)O. The summed E-state index contributed by atoms with van der Waals surface area (Å²) < 4.78 is 41.4. The Morgan fingerprint density at radius 1 is 1.41 bits per heavy atom. The molecule has 0 heterocycles.